The van der Waals surface area contributed by atoms with Crippen molar-refractivity contribution >= 4 is 11.6 Å². The molecule has 1 aliphatic rings. The van der Waals surface area contributed by atoms with E-state index >= 15 is 0 Å². The fourth-order valence-corrected chi connectivity index (χ4v) is 4.05. The van der Waals surface area contributed by atoms with Crippen LogP contribution in [-0.2, 0) is 30.5 Å². The van der Waals surface area contributed by atoms with Crippen LogP contribution >= 0.6 is 0 Å². The molecule has 0 saturated carbocycles. The highest BCUT2D eigenvalue weighted by atomic mass is 19.4. The fourth-order valence-electron chi connectivity index (χ4n) is 4.05. The topological polar surface area (TPSA) is 52.8 Å². The lowest BCUT2D eigenvalue weighted by Crippen LogP contribution is -2.39. The maximum Gasteiger partial charge on any atom is 0.416 e. The van der Waals surface area contributed by atoms with Crippen LogP contribution in [0.3, 0.4) is 0 Å². The van der Waals surface area contributed by atoms with Crippen LogP contribution in [0.2, 0.25) is 0 Å². The molecule has 2 N–H and O–H groups in total. The molecule has 3 rings (SSSR count). The summed E-state index contributed by atoms with van der Waals surface area (Å²) in [6.07, 6.45) is -3.66. The predicted molar refractivity (Wildman–Crippen MR) is 116 cm³/mol. The molecule has 5 nitrogen and oxygen atoms in total. The third-order valence-corrected chi connectivity index (χ3v) is 5.54. The van der Waals surface area contributed by atoms with E-state index in [1.165, 1.54) is 6.07 Å². The summed E-state index contributed by atoms with van der Waals surface area (Å²) in [6, 6.07) is 11.7. The zero-order valence-electron chi connectivity index (χ0n) is 18.0. The molecule has 0 unspecified atom stereocenters. The van der Waals surface area contributed by atoms with Crippen LogP contribution in [0.1, 0.15) is 22.3 Å². The third-order valence-electron chi connectivity index (χ3n) is 5.54. The number of alkyl halides is 3. The second-order valence-electron chi connectivity index (χ2n) is 8.22. The van der Waals surface area contributed by atoms with Crippen LogP contribution in [0.4, 0.5) is 18.9 Å². The number of fused-ring (bicyclic) bond motifs is 1. The third kappa shape index (κ3) is 5.98. The van der Waals surface area contributed by atoms with Crippen molar-refractivity contribution in [1.29, 1.82) is 0 Å². The minimum absolute atomic E-state index is 0.132. The van der Waals surface area contributed by atoms with Gasteiger partial charge in [0.15, 0.2) is 0 Å². The summed E-state index contributed by atoms with van der Waals surface area (Å²) in [6.45, 7) is 3.02. The number of carbonyl (C=O) groups excluding carboxylic acids is 1. The van der Waals surface area contributed by atoms with Gasteiger partial charge in [0.2, 0.25) is 5.91 Å². The number of nitrogens with two attached hydrogens (primary N) is 1. The van der Waals surface area contributed by atoms with Crippen molar-refractivity contribution in [2.45, 2.75) is 25.7 Å². The Balaban J connectivity index is 1.81. The van der Waals surface area contributed by atoms with Crippen LogP contribution in [-0.4, -0.2) is 56.0 Å². The van der Waals surface area contributed by atoms with Gasteiger partial charge in [-0.3, -0.25) is 9.69 Å². The Bertz CT molecular complexity index is 914. The van der Waals surface area contributed by atoms with Gasteiger partial charge in [-0.05, 0) is 49.3 Å². The van der Waals surface area contributed by atoms with Gasteiger partial charge in [-0.1, -0.05) is 30.3 Å². The molecule has 0 saturated heterocycles. The largest absolute Gasteiger partial charge is 0.416 e. The summed E-state index contributed by atoms with van der Waals surface area (Å²) in [5, 5.41) is 0. The number of likely N-dealkylation sites (N-methyl/N-ethyl adjacent to an activating group) is 1. The Morgan fingerprint density at radius 2 is 1.84 bits per heavy atom. The van der Waals surface area contributed by atoms with Crippen molar-refractivity contribution in [3.63, 3.8) is 0 Å². The highest BCUT2D eigenvalue weighted by Gasteiger charge is 2.33. The normalized spacial score (nSPS) is 14.5. The number of hydrogen-bond acceptors (Lipinski definition) is 4. The molecule has 0 aliphatic carbocycles. The van der Waals surface area contributed by atoms with Crippen LogP contribution < -0.4 is 10.6 Å². The van der Waals surface area contributed by atoms with Crippen molar-refractivity contribution in [3.05, 3.63) is 64.7 Å². The van der Waals surface area contributed by atoms with E-state index in [9.17, 15) is 18.0 Å². The highest BCUT2D eigenvalue weighted by Crippen LogP contribution is 2.34. The fraction of sp³-hybridized carbons (Fsp3) is 0.435. The van der Waals surface area contributed by atoms with Gasteiger partial charge in [-0.2, -0.15) is 13.2 Å². The Morgan fingerprint density at radius 3 is 2.52 bits per heavy atom. The van der Waals surface area contributed by atoms with Gasteiger partial charge in [0.25, 0.3) is 0 Å². The number of rotatable bonds is 8. The monoisotopic (exact) mass is 434 g/mol. The van der Waals surface area contributed by atoms with Crippen LogP contribution in [0.25, 0.3) is 0 Å². The standard InChI is InChI=1S/C23H29F3N4O/c1-28(2)12-13-30(16-22(27)31)21-9-5-7-17-14-29(11-10-19(17)21)15-18-6-3-4-8-20(18)23(24,25)26/h3-9H,10-16H2,1-2H3,(H2,27,31). The van der Waals surface area contributed by atoms with Crippen LogP contribution in [0.5, 0.6) is 0 Å². The second kappa shape index (κ2) is 9.70. The Labute approximate surface area is 181 Å². The molecule has 0 bridgehead atoms. The van der Waals surface area contributed by atoms with Crippen molar-refractivity contribution in [2.24, 2.45) is 5.73 Å². The van der Waals surface area contributed by atoms with E-state index in [2.05, 4.69) is 0 Å². The van der Waals surface area contributed by atoms with Crippen molar-refractivity contribution < 1.29 is 18.0 Å². The first-order valence-electron chi connectivity index (χ1n) is 10.3. The van der Waals surface area contributed by atoms with Gasteiger partial charge in [-0.15, -0.1) is 0 Å². The molecule has 0 radical (unpaired) electrons. The Kier molecular flexibility index (Phi) is 7.23. The van der Waals surface area contributed by atoms with Crippen molar-refractivity contribution in [1.82, 2.24) is 9.80 Å². The quantitative estimate of drug-likeness (QED) is 0.694. The number of primary amides is 1. The molecule has 0 spiro atoms. The molecule has 2 aromatic carbocycles. The zero-order chi connectivity index (χ0) is 22.6. The van der Waals surface area contributed by atoms with Gasteiger partial charge in [0.1, 0.15) is 0 Å². The number of nitrogens with zero attached hydrogens (tertiary/aromatic N) is 3. The van der Waals surface area contributed by atoms with E-state index in [1.807, 2.05) is 47.0 Å². The number of amides is 1. The van der Waals surface area contributed by atoms with Gasteiger partial charge >= 0.3 is 6.18 Å². The first kappa shape index (κ1) is 23.1. The molecule has 168 valence electrons. The van der Waals surface area contributed by atoms with Crippen LogP contribution in [0.15, 0.2) is 42.5 Å². The lowest BCUT2D eigenvalue weighted by molar-refractivity contribution is -0.138. The summed E-state index contributed by atoms with van der Waals surface area (Å²) >= 11 is 0. The van der Waals surface area contributed by atoms with E-state index in [-0.39, 0.29) is 18.7 Å². The van der Waals surface area contributed by atoms with Gasteiger partial charge in [-0.25, -0.2) is 0 Å². The number of halogens is 3. The molecule has 0 atom stereocenters. The van der Waals surface area contributed by atoms with Gasteiger partial charge in [0, 0.05) is 38.4 Å². The van der Waals surface area contributed by atoms with Crippen LogP contribution in [0, 0.1) is 0 Å². The summed E-state index contributed by atoms with van der Waals surface area (Å²) < 4.78 is 40.1. The molecule has 8 heteroatoms. The van der Waals surface area contributed by atoms with Gasteiger partial charge in [0.05, 0.1) is 12.1 Å². The number of hydrogen-bond donors (Lipinski definition) is 1. The maximum absolute atomic E-state index is 13.4. The average molecular weight is 435 g/mol. The summed E-state index contributed by atoms with van der Waals surface area (Å²) in [4.78, 5) is 17.7. The van der Waals surface area contributed by atoms with E-state index in [0.29, 0.717) is 26.1 Å². The predicted octanol–water partition coefficient (Wildman–Crippen LogP) is 3.12. The van der Waals surface area contributed by atoms with Crippen molar-refractivity contribution in [2.75, 3.05) is 45.2 Å². The molecule has 31 heavy (non-hydrogen) atoms. The highest BCUT2D eigenvalue weighted by molar-refractivity contribution is 5.80. The summed E-state index contributed by atoms with van der Waals surface area (Å²) in [5.41, 5.74) is 8.38. The minimum Gasteiger partial charge on any atom is -0.368 e. The van der Waals surface area contributed by atoms with E-state index in [0.717, 1.165) is 29.4 Å². The SMILES string of the molecule is CN(C)CCN(CC(N)=O)c1cccc2c1CCN(Cc1ccccc1C(F)(F)F)C2. The summed E-state index contributed by atoms with van der Waals surface area (Å²) in [5.74, 6) is -0.391. The number of anilines is 1. The van der Waals surface area contributed by atoms with E-state index < -0.39 is 17.6 Å². The zero-order valence-corrected chi connectivity index (χ0v) is 18.0. The first-order valence-corrected chi connectivity index (χ1v) is 10.3. The molecular formula is C23H29F3N4O. The van der Waals surface area contributed by atoms with E-state index in [1.54, 1.807) is 12.1 Å². The first-order chi connectivity index (χ1) is 14.6. The van der Waals surface area contributed by atoms with Gasteiger partial charge < -0.3 is 15.5 Å². The molecule has 2 aromatic rings. The Hall–Kier alpha value is -2.58. The van der Waals surface area contributed by atoms with E-state index in [4.69, 9.17) is 5.73 Å². The lowest BCUT2D eigenvalue weighted by Gasteiger charge is -2.34. The number of benzene rings is 2. The van der Waals surface area contributed by atoms with Crippen molar-refractivity contribution in [3.8, 4) is 0 Å². The second-order valence-corrected chi connectivity index (χ2v) is 8.22. The average Bonchev–Trinajstić information content (AvgIpc) is 2.70. The molecular weight excluding hydrogens is 405 g/mol. The smallest absolute Gasteiger partial charge is 0.368 e. The molecule has 0 fully saturated rings. The molecule has 1 heterocycles. The minimum atomic E-state index is -4.36. The molecule has 1 amide bonds. The maximum atomic E-state index is 13.4. The molecule has 0 aromatic heterocycles. The number of carbonyl (C=O) groups is 1. The molecule has 1 aliphatic heterocycles. The lowest BCUT2D eigenvalue weighted by atomic mass is 9.96. The Morgan fingerprint density at radius 1 is 1.10 bits per heavy atom. The summed E-state index contributed by atoms with van der Waals surface area (Å²) in [7, 11) is 3.94.